The van der Waals surface area contributed by atoms with Gasteiger partial charge in [0.15, 0.2) is 0 Å². The molecule has 1 aromatic carbocycles. The summed E-state index contributed by atoms with van der Waals surface area (Å²) < 4.78 is 42.1. The van der Waals surface area contributed by atoms with Crippen LogP contribution in [0.5, 0.6) is 0 Å². The Labute approximate surface area is 240 Å². The average Bonchev–Trinajstić information content (AvgIpc) is 2.91. The van der Waals surface area contributed by atoms with Crippen LogP contribution in [0.2, 0.25) is 0 Å². The number of carbonyl (C=O) groups is 1. The molecule has 0 radical (unpaired) electrons. The van der Waals surface area contributed by atoms with E-state index in [1.165, 1.54) is 57.8 Å². The van der Waals surface area contributed by atoms with Crippen LogP contribution in [0.1, 0.15) is 128 Å². The first-order valence-corrected chi connectivity index (χ1v) is 17.1. The van der Waals surface area contributed by atoms with Gasteiger partial charge in [0.2, 0.25) is 5.91 Å². The van der Waals surface area contributed by atoms with Crippen molar-refractivity contribution in [3.05, 3.63) is 35.9 Å². The van der Waals surface area contributed by atoms with Crippen LogP contribution in [0.3, 0.4) is 0 Å². The number of carbonyl (C=O) groups excluding carboxylic acids is 1. The molecule has 0 saturated heterocycles. The van der Waals surface area contributed by atoms with E-state index in [-0.39, 0.29) is 38.2 Å². The van der Waals surface area contributed by atoms with Crippen molar-refractivity contribution in [2.24, 2.45) is 5.92 Å². The summed E-state index contributed by atoms with van der Waals surface area (Å²) in [6.07, 6.45) is 16.5. The first kappa shape index (κ1) is 36.7. The quantitative estimate of drug-likeness (QED) is 0.0680. The van der Waals surface area contributed by atoms with Gasteiger partial charge in [0.25, 0.3) is 0 Å². The summed E-state index contributed by atoms with van der Waals surface area (Å²) >= 11 is 0. The molecule has 2 unspecified atom stereocenters. The van der Waals surface area contributed by atoms with E-state index < -0.39 is 25.2 Å². The van der Waals surface area contributed by atoms with Gasteiger partial charge in [-0.05, 0) is 31.2 Å². The average molecular weight is 590 g/mol. The third-order valence-corrected chi connectivity index (χ3v) is 8.75. The van der Waals surface area contributed by atoms with Crippen LogP contribution >= 0.6 is 7.60 Å². The number of aliphatic hydroxyl groups is 1. The fourth-order valence-electron chi connectivity index (χ4n) is 5.23. The first-order chi connectivity index (χ1) is 19.1. The van der Waals surface area contributed by atoms with E-state index in [4.69, 9.17) is 5.11 Å². The molecule has 1 amide bonds. The van der Waals surface area contributed by atoms with E-state index in [9.17, 15) is 19.1 Å². The molecule has 232 valence electrons. The van der Waals surface area contributed by atoms with Gasteiger partial charge in [0, 0.05) is 19.1 Å². The summed E-state index contributed by atoms with van der Waals surface area (Å²) in [6.45, 7) is 2.15. The largest absolute Gasteiger partial charge is 0.396 e. The van der Waals surface area contributed by atoms with E-state index in [1.54, 1.807) is 30.3 Å². The summed E-state index contributed by atoms with van der Waals surface area (Å²) in [4.78, 5) is 31.8. The van der Waals surface area contributed by atoms with E-state index in [2.05, 4.69) is 12.2 Å². The van der Waals surface area contributed by atoms with Crippen LogP contribution in [0.15, 0.2) is 30.3 Å². The third kappa shape index (κ3) is 15.6. The Bertz CT molecular complexity index is 821. The highest BCUT2D eigenvalue weighted by atomic mass is 31.2. The van der Waals surface area contributed by atoms with Gasteiger partial charge in [0.05, 0.1) is 5.92 Å². The molecule has 4 N–H and O–H groups in total. The zero-order valence-corrected chi connectivity index (χ0v) is 25.4. The number of halogens is 2. The summed E-state index contributed by atoms with van der Waals surface area (Å²) in [6, 6.07) is 7.70. The van der Waals surface area contributed by atoms with E-state index >= 15 is 8.78 Å². The summed E-state index contributed by atoms with van der Waals surface area (Å²) in [5, 5.41) is 11.7. The number of hydrogen-bond acceptors (Lipinski definition) is 3. The maximum absolute atomic E-state index is 15.1. The molecular formula is C31H54F2NO5P. The Balaban J connectivity index is 2.61. The van der Waals surface area contributed by atoms with Crippen molar-refractivity contribution in [3.63, 3.8) is 0 Å². The fraction of sp³-hybridized carbons (Fsp3) is 0.774. The number of unbranched alkanes of at least 4 members (excludes halogenated alkanes) is 14. The van der Waals surface area contributed by atoms with Crippen molar-refractivity contribution in [3.8, 4) is 0 Å². The third-order valence-electron chi connectivity index (χ3n) is 7.65. The molecule has 0 fully saturated rings. The SMILES string of the molecule is CCCCCCCCCCCCCCCC(=O)NC(Cc1ccccc1)C(CCCCCO)C(F)(F)P(=O)(O)O. The van der Waals surface area contributed by atoms with Gasteiger partial charge in [-0.2, -0.15) is 8.78 Å². The lowest BCUT2D eigenvalue weighted by molar-refractivity contribution is -0.123. The topological polar surface area (TPSA) is 107 Å². The van der Waals surface area contributed by atoms with Crippen molar-refractivity contribution in [2.75, 3.05) is 6.61 Å². The standard InChI is InChI=1S/C31H54F2NO5P/c1-2-3-4-5-6-7-8-9-10-11-12-13-19-24-30(36)34-29(26-27-21-16-14-17-22-27)28(23-18-15-20-25-35)31(32,33)40(37,38)39/h14,16-17,21-22,28-29,35H,2-13,15,18-20,23-26H2,1H3,(H,34,36)(H2,37,38,39). The molecule has 1 aromatic rings. The lowest BCUT2D eigenvalue weighted by Gasteiger charge is -2.34. The number of rotatable bonds is 25. The van der Waals surface area contributed by atoms with Gasteiger partial charge in [-0.1, -0.05) is 127 Å². The van der Waals surface area contributed by atoms with E-state index in [0.717, 1.165) is 19.3 Å². The van der Waals surface area contributed by atoms with Crippen molar-refractivity contribution < 1.29 is 33.0 Å². The van der Waals surface area contributed by atoms with Crippen molar-refractivity contribution in [1.29, 1.82) is 0 Å². The minimum atomic E-state index is -5.77. The van der Waals surface area contributed by atoms with Gasteiger partial charge in [-0.3, -0.25) is 9.36 Å². The molecule has 0 bridgehead atoms. The molecule has 40 heavy (non-hydrogen) atoms. The van der Waals surface area contributed by atoms with E-state index in [1.807, 2.05) is 0 Å². The monoisotopic (exact) mass is 589 g/mol. The molecule has 0 aliphatic rings. The molecular weight excluding hydrogens is 535 g/mol. The molecule has 0 aliphatic carbocycles. The highest BCUT2D eigenvalue weighted by Gasteiger charge is 2.57. The molecule has 1 rings (SSSR count). The van der Waals surface area contributed by atoms with E-state index in [0.29, 0.717) is 24.8 Å². The lowest BCUT2D eigenvalue weighted by atomic mass is 9.88. The molecule has 0 aliphatic heterocycles. The lowest BCUT2D eigenvalue weighted by Crippen LogP contribution is -2.48. The van der Waals surface area contributed by atoms with Gasteiger partial charge in [0.1, 0.15) is 0 Å². The van der Waals surface area contributed by atoms with Crippen LogP contribution in [0.25, 0.3) is 0 Å². The van der Waals surface area contributed by atoms with Crippen molar-refractivity contribution >= 4 is 13.5 Å². The van der Waals surface area contributed by atoms with Gasteiger partial charge >= 0.3 is 13.3 Å². The van der Waals surface area contributed by atoms with Crippen LogP contribution < -0.4 is 5.32 Å². The predicted octanol–water partition coefficient (Wildman–Crippen LogP) is 8.13. The molecule has 6 nitrogen and oxygen atoms in total. The Hall–Kier alpha value is -1.34. The maximum atomic E-state index is 15.1. The second-order valence-electron chi connectivity index (χ2n) is 11.2. The first-order valence-electron chi connectivity index (χ1n) is 15.5. The van der Waals surface area contributed by atoms with Crippen LogP contribution in [-0.2, 0) is 15.8 Å². The number of aliphatic hydroxyl groups excluding tert-OH is 1. The second-order valence-corrected chi connectivity index (χ2v) is 12.9. The number of nitrogens with one attached hydrogen (secondary N) is 1. The minimum absolute atomic E-state index is 0.0471. The summed E-state index contributed by atoms with van der Waals surface area (Å²) in [5.74, 6) is -2.10. The maximum Gasteiger partial charge on any atom is 0.394 e. The highest BCUT2D eigenvalue weighted by molar-refractivity contribution is 7.53. The number of benzene rings is 1. The Morgan fingerprint density at radius 1 is 0.825 bits per heavy atom. The molecule has 0 aromatic heterocycles. The number of hydrogen-bond donors (Lipinski definition) is 4. The van der Waals surface area contributed by atoms with Crippen LogP contribution in [0.4, 0.5) is 8.78 Å². The van der Waals surface area contributed by atoms with Crippen LogP contribution in [0, 0.1) is 5.92 Å². The number of alkyl halides is 2. The Morgan fingerprint density at radius 2 is 1.32 bits per heavy atom. The summed E-state index contributed by atoms with van der Waals surface area (Å²) in [7, 11) is -5.77. The zero-order valence-electron chi connectivity index (χ0n) is 24.5. The fourth-order valence-corrected chi connectivity index (χ4v) is 5.97. The molecule has 0 heterocycles. The predicted molar refractivity (Wildman–Crippen MR) is 158 cm³/mol. The van der Waals surface area contributed by atoms with Gasteiger partial charge in [-0.25, -0.2) is 0 Å². The number of amides is 1. The Morgan fingerprint density at radius 3 is 1.82 bits per heavy atom. The smallest absolute Gasteiger partial charge is 0.394 e. The summed E-state index contributed by atoms with van der Waals surface area (Å²) in [5.41, 5.74) is -3.58. The van der Waals surface area contributed by atoms with Gasteiger partial charge in [-0.15, -0.1) is 0 Å². The van der Waals surface area contributed by atoms with Crippen LogP contribution in [-0.4, -0.2) is 39.1 Å². The minimum Gasteiger partial charge on any atom is -0.396 e. The zero-order chi connectivity index (χ0) is 29.7. The molecule has 0 spiro atoms. The molecule has 0 saturated carbocycles. The van der Waals surface area contributed by atoms with Crippen molar-refractivity contribution in [2.45, 2.75) is 141 Å². The second kappa shape index (κ2) is 21.4. The normalized spacial score (nSPS) is 13.8. The highest BCUT2D eigenvalue weighted by Crippen LogP contribution is 2.58. The molecule has 9 heteroatoms. The van der Waals surface area contributed by atoms with Gasteiger partial charge < -0.3 is 20.2 Å². The van der Waals surface area contributed by atoms with Crippen molar-refractivity contribution in [1.82, 2.24) is 5.32 Å². The Kier molecular flexibility index (Phi) is 19.6. The molecule has 2 atom stereocenters.